The van der Waals surface area contributed by atoms with Crippen LogP contribution in [0.15, 0.2) is 36.4 Å². The Bertz CT molecular complexity index is 1250. The fourth-order valence-corrected chi connectivity index (χ4v) is 4.90. The number of primary amides is 1. The number of hydrogen-bond acceptors (Lipinski definition) is 9. The van der Waals surface area contributed by atoms with E-state index in [1.807, 2.05) is 12.1 Å². The van der Waals surface area contributed by atoms with Gasteiger partial charge in [-0.1, -0.05) is 24.6 Å². The van der Waals surface area contributed by atoms with Gasteiger partial charge in [0.2, 0.25) is 5.95 Å². The molecule has 10 nitrogen and oxygen atoms in total. The highest BCUT2D eigenvalue weighted by atomic mass is 16.5. The van der Waals surface area contributed by atoms with Crippen LogP contribution in [0.5, 0.6) is 5.75 Å². The van der Waals surface area contributed by atoms with Crippen molar-refractivity contribution >= 4 is 29.0 Å². The van der Waals surface area contributed by atoms with Crippen LogP contribution in [-0.4, -0.2) is 50.8 Å². The molecule has 0 saturated carbocycles. The number of methoxy groups -OCH3 is 1. The van der Waals surface area contributed by atoms with Crippen molar-refractivity contribution in [1.29, 1.82) is 0 Å². The van der Waals surface area contributed by atoms with Crippen molar-refractivity contribution in [2.45, 2.75) is 44.9 Å². The van der Waals surface area contributed by atoms with Crippen molar-refractivity contribution < 1.29 is 14.6 Å². The number of ether oxygens (including phenoxy) is 1. The van der Waals surface area contributed by atoms with Crippen LogP contribution < -0.4 is 21.1 Å². The smallest absolute Gasteiger partial charge is 0.273 e. The number of carbonyl (C=O) groups excluding carboxylic acids is 1. The predicted molar refractivity (Wildman–Crippen MR) is 132 cm³/mol. The quantitative estimate of drug-likeness (QED) is 0.406. The van der Waals surface area contributed by atoms with E-state index in [9.17, 15) is 9.90 Å². The first kappa shape index (κ1) is 23.0. The maximum absolute atomic E-state index is 12.0. The molecule has 1 saturated heterocycles. The van der Waals surface area contributed by atoms with Gasteiger partial charge in [0.05, 0.1) is 19.4 Å². The van der Waals surface area contributed by atoms with Gasteiger partial charge in [0, 0.05) is 23.8 Å². The van der Waals surface area contributed by atoms with Crippen LogP contribution in [0.4, 0.5) is 23.1 Å². The van der Waals surface area contributed by atoms with Crippen molar-refractivity contribution in [3.05, 3.63) is 58.8 Å². The number of piperidine rings is 1. The highest BCUT2D eigenvalue weighted by Crippen LogP contribution is 2.36. The number of anilines is 4. The van der Waals surface area contributed by atoms with Gasteiger partial charge in [-0.15, -0.1) is 10.2 Å². The van der Waals surface area contributed by atoms with Crippen molar-refractivity contribution in [2.24, 2.45) is 5.73 Å². The van der Waals surface area contributed by atoms with Gasteiger partial charge in [-0.05, 0) is 55.1 Å². The molecule has 2 aromatic carbocycles. The molecular formula is C25H29N7O3. The molecule has 1 atom stereocenters. The molecule has 1 unspecified atom stereocenters. The molecule has 5 N–H and O–H groups in total. The predicted octanol–water partition coefficient (Wildman–Crippen LogP) is 2.87. The van der Waals surface area contributed by atoms with Crippen LogP contribution in [0.3, 0.4) is 0 Å². The highest BCUT2D eigenvalue weighted by molar-refractivity contribution is 5.96. The number of aromatic nitrogens is 3. The van der Waals surface area contributed by atoms with E-state index in [0.717, 1.165) is 25.2 Å². The standard InChI is InChI=1S/C25H29N7O3/c1-35-21-12-16-10-18-7-4-5-9-32(18)13-17(16)11-20(21)28-25-29-24(22(23(26)34)30-31-25)27-19-8-3-2-6-15(19)14-33/h2-3,6,8,11-12,18,33H,4-5,7,9-10,13-14H2,1H3,(H2,26,34)(H2,27,28,29,31). The first-order valence-electron chi connectivity index (χ1n) is 11.8. The van der Waals surface area contributed by atoms with Gasteiger partial charge in [0.1, 0.15) is 5.75 Å². The normalized spacial score (nSPS) is 17.3. The molecule has 0 spiro atoms. The first-order chi connectivity index (χ1) is 17.1. The number of aliphatic hydroxyl groups excluding tert-OH is 1. The lowest BCUT2D eigenvalue weighted by molar-refractivity contribution is 0.0995. The third-order valence-electron chi connectivity index (χ3n) is 6.71. The van der Waals surface area contributed by atoms with Gasteiger partial charge in [-0.25, -0.2) is 0 Å². The summed E-state index contributed by atoms with van der Waals surface area (Å²) < 4.78 is 5.67. The fraction of sp³-hybridized carbons (Fsp3) is 0.360. The van der Waals surface area contributed by atoms with Gasteiger partial charge >= 0.3 is 0 Å². The maximum atomic E-state index is 12.0. The Hall–Kier alpha value is -3.76. The van der Waals surface area contributed by atoms with Gasteiger partial charge in [0.15, 0.2) is 11.5 Å². The highest BCUT2D eigenvalue weighted by Gasteiger charge is 2.29. The van der Waals surface area contributed by atoms with Crippen molar-refractivity contribution in [3.8, 4) is 5.75 Å². The molecular weight excluding hydrogens is 446 g/mol. The zero-order valence-electron chi connectivity index (χ0n) is 19.6. The topological polar surface area (TPSA) is 139 Å². The Kier molecular flexibility index (Phi) is 6.47. The van der Waals surface area contributed by atoms with Crippen LogP contribution in [0.2, 0.25) is 0 Å². The van der Waals surface area contributed by atoms with Gasteiger partial charge in [-0.3, -0.25) is 9.69 Å². The van der Waals surface area contributed by atoms with Crippen molar-refractivity contribution in [1.82, 2.24) is 20.1 Å². The Morgan fingerprint density at radius 3 is 2.83 bits per heavy atom. The molecule has 0 radical (unpaired) electrons. The third kappa shape index (κ3) is 4.75. The molecule has 2 aliphatic heterocycles. The van der Waals surface area contributed by atoms with E-state index in [4.69, 9.17) is 10.5 Å². The van der Waals surface area contributed by atoms with E-state index in [2.05, 4.69) is 42.8 Å². The zero-order valence-corrected chi connectivity index (χ0v) is 19.6. The molecule has 35 heavy (non-hydrogen) atoms. The molecule has 10 heteroatoms. The molecule has 0 aliphatic carbocycles. The number of fused-ring (bicyclic) bond motifs is 2. The maximum Gasteiger partial charge on any atom is 0.273 e. The van der Waals surface area contributed by atoms with E-state index in [0.29, 0.717) is 23.0 Å². The lowest BCUT2D eigenvalue weighted by Crippen LogP contribution is -2.43. The Morgan fingerprint density at radius 2 is 2.03 bits per heavy atom. The molecule has 182 valence electrons. The summed E-state index contributed by atoms with van der Waals surface area (Å²) in [6.07, 6.45) is 4.80. The average Bonchev–Trinajstić information content (AvgIpc) is 2.87. The summed E-state index contributed by atoms with van der Waals surface area (Å²) in [5, 5.41) is 24.0. The molecule has 3 heterocycles. The molecule has 1 fully saturated rings. The number of para-hydroxylation sites is 1. The lowest BCUT2D eigenvalue weighted by Gasteiger charge is -2.40. The SMILES string of the molecule is COc1cc2c(cc1Nc1nnc(C(N)=O)c(Nc3ccccc3CO)n1)CN1CCCCC1C2. The minimum atomic E-state index is -0.761. The third-order valence-corrected chi connectivity index (χ3v) is 6.71. The minimum absolute atomic E-state index is 0.100. The van der Waals surface area contributed by atoms with Crippen LogP contribution >= 0.6 is 0 Å². The average molecular weight is 476 g/mol. The number of amides is 1. The molecule has 5 rings (SSSR count). The van der Waals surface area contributed by atoms with Crippen LogP contribution in [0, 0.1) is 0 Å². The van der Waals surface area contributed by atoms with E-state index in [1.165, 1.54) is 30.4 Å². The summed E-state index contributed by atoms with van der Waals surface area (Å²) in [7, 11) is 1.64. The second-order valence-corrected chi connectivity index (χ2v) is 8.91. The number of carbonyl (C=O) groups is 1. The molecule has 0 bridgehead atoms. The van der Waals surface area contributed by atoms with Crippen LogP contribution in [0.25, 0.3) is 0 Å². The molecule has 3 aromatic rings. The summed E-state index contributed by atoms with van der Waals surface area (Å²) >= 11 is 0. The van der Waals surface area contributed by atoms with Gasteiger partial charge < -0.3 is 26.2 Å². The number of nitrogens with one attached hydrogen (secondary N) is 2. The number of rotatable bonds is 7. The second-order valence-electron chi connectivity index (χ2n) is 8.91. The summed E-state index contributed by atoms with van der Waals surface area (Å²) in [5.41, 5.74) is 9.91. The van der Waals surface area contributed by atoms with Crippen LogP contribution in [-0.2, 0) is 19.6 Å². The van der Waals surface area contributed by atoms with Gasteiger partial charge in [0.25, 0.3) is 5.91 Å². The van der Waals surface area contributed by atoms with E-state index in [-0.39, 0.29) is 24.1 Å². The zero-order chi connectivity index (χ0) is 24.4. The monoisotopic (exact) mass is 475 g/mol. The minimum Gasteiger partial charge on any atom is -0.495 e. The van der Waals surface area contributed by atoms with E-state index in [1.54, 1.807) is 19.2 Å². The lowest BCUT2D eigenvalue weighted by atomic mass is 9.88. The van der Waals surface area contributed by atoms with Crippen molar-refractivity contribution in [2.75, 3.05) is 24.3 Å². The first-order valence-corrected chi connectivity index (χ1v) is 11.8. The van der Waals surface area contributed by atoms with Gasteiger partial charge in [-0.2, -0.15) is 4.98 Å². The largest absolute Gasteiger partial charge is 0.495 e. The van der Waals surface area contributed by atoms with E-state index >= 15 is 0 Å². The summed E-state index contributed by atoms with van der Waals surface area (Å²) in [6, 6.07) is 11.9. The number of nitrogens with two attached hydrogens (primary N) is 1. The summed E-state index contributed by atoms with van der Waals surface area (Å²) in [5.74, 6) is 0.256. The number of benzene rings is 2. The molecule has 2 aliphatic rings. The molecule has 1 aromatic heterocycles. The second kappa shape index (κ2) is 9.85. The fourth-order valence-electron chi connectivity index (χ4n) is 4.90. The summed E-state index contributed by atoms with van der Waals surface area (Å²) in [4.78, 5) is 19.0. The molecule has 1 amide bonds. The van der Waals surface area contributed by atoms with E-state index < -0.39 is 5.91 Å². The number of aliphatic hydroxyl groups is 1. The number of hydrogen-bond donors (Lipinski definition) is 4. The Balaban J connectivity index is 1.46. The van der Waals surface area contributed by atoms with Crippen molar-refractivity contribution in [3.63, 3.8) is 0 Å². The Morgan fingerprint density at radius 1 is 1.17 bits per heavy atom. The Labute approximate surface area is 203 Å². The summed E-state index contributed by atoms with van der Waals surface area (Å²) in [6.45, 7) is 1.86. The number of nitrogens with zero attached hydrogens (tertiary/aromatic N) is 4. The van der Waals surface area contributed by atoms with Crippen LogP contribution in [0.1, 0.15) is 46.4 Å².